The summed E-state index contributed by atoms with van der Waals surface area (Å²) >= 11 is 3.22. The van der Waals surface area contributed by atoms with Crippen molar-refractivity contribution in [1.29, 1.82) is 0 Å². The van der Waals surface area contributed by atoms with Gasteiger partial charge in [0.05, 0.1) is 5.56 Å². The van der Waals surface area contributed by atoms with Crippen molar-refractivity contribution >= 4 is 21.8 Å². The highest BCUT2D eigenvalue weighted by molar-refractivity contribution is 9.10. The molecule has 5 heteroatoms. The molecule has 1 N–H and O–H groups in total. The minimum atomic E-state index is -0.460. The van der Waals surface area contributed by atoms with Crippen molar-refractivity contribution in [2.45, 2.75) is 13.3 Å². The molecule has 0 heterocycles. The zero-order chi connectivity index (χ0) is 15.4. The number of amides is 1. The lowest BCUT2D eigenvalue weighted by molar-refractivity contribution is 0.0953. The van der Waals surface area contributed by atoms with E-state index in [1.54, 1.807) is 6.07 Å². The maximum absolute atomic E-state index is 13.1. The smallest absolute Gasteiger partial charge is 0.252 e. The van der Waals surface area contributed by atoms with E-state index in [9.17, 15) is 13.6 Å². The Labute approximate surface area is 130 Å². The predicted molar refractivity (Wildman–Crippen MR) is 81.3 cm³/mol. The second-order valence-electron chi connectivity index (χ2n) is 4.70. The summed E-state index contributed by atoms with van der Waals surface area (Å²) in [6, 6.07) is 8.52. The standard InChI is InChI=1S/C16H14BrF2NO/c1-10-8-12(18)3-2-11(10)6-7-20-16(21)14-9-13(19)4-5-15(14)17/h2-5,8-9H,6-7H2,1H3,(H,20,21). The van der Waals surface area contributed by atoms with E-state index in [2.05, 4.69) is 21.2 Å². The van der Waals surface area contributed by atoms with E-state index in [0.717, 1.165) is 11.1 Å². The maximum Gasteiger partial charge on any atom is 0.252 e. The van der Waals surface area contributed by atoms with Crippen LogP contribution in [-0.4, -0.2) is 12.5 Å². The molecule has 0 radical (unpaired) electrons. The lowest BCUT2D eigenvalue weighted by Crippen LogP contribution is -2.26. The van der Waals surface area contributed by atoms with Gasteiger partial charge >= 0.3 is 0 Å². The Balaban J connectivity index is 1.97. The first-order valence-corrected chi connectivity index (χ1v) is 7.25. The van der Waals surface area contributed by atoms with Crippen molar-refractivity contribution in [2.24, 2.45) is 0 Å². The second kappa shape index (κ2) is 6.80. The van der Waals surface area contributed by atoms with Crippen LogP contribution in [-0.2, 0) is 6.42 Å². The van der Waals surface area contributed by atoms with Gasteiger partial charge < -0.3 is 5.32 Å². The van der Waals surface area contributed by atoms with E-state index in [1.165, 1.54) is 30.3 Å². The Bertz CT molecular complexity index is 673. The molecule has 2 aromatic carbocycles. The highest BCUT2D eigenvalue weighted by atomic mass is 79.9. The van der Waals surface area contributed by atoms with E-state index in [0.29, 0.717) is 17.4 Å². The quantitative estimate of drug-likeness (QED) is 0.883. The maximum atomic E-state index is 13.1. The van der Waals surface area contributed by atoms with Gasteiger partial charge in [0.25, 0.3) is 5.91 Å². The summed E-state index contributed by atoms with van der Waals surface area (Å²) in [5.41, 5.74) is 2.07. The average molecular weight is 354 g/mol. The van der Waals surface area contributed by atoms with Gasteiger partial charge in [-0.05, 0) is 70.7 Å². The summed E-state index contributed by atoms with van der Waals surface area (Å²) in [6.07, 6.45) is 0.588. The molecule has 0 fully saturated rings. The molecule has 21 heavy (non-hydrogen) atoms. The van der Waals surface area contributed by atoms with Gasteiger partial charge in [0, 0.05) is 11.0 Å². The number of benzene rings is 2. The number of nitrogens with one attached hydrogen (secondary N) is 1. The molecule has 0 unspecified atom stereocenters. The van der Waals surface area contributed by atoms with Crippen LogP contribution in [0.15, 0.2) is 40.9 Å². The number of hydrogen-bond acceptors (Lipinski definition) is 1. The number of hydrogen-bond donors (Lipinski definition) is 1. The first kappa shape index (κ1) is 15.6. The third-order valence-electron chi connectivity index (χ3n) is 3.16. The van der Waals surface area contributed by atoms with Crippen molar-refractivity contribution in [1.82, 2.24) is 5.32 Å². The van der Waals surface area contributed by atoms with Gasteiger partial charge in [-0.2, -0.15) is 0 Å². The Morgan fingerprint density at radius 1 is 1.14 bits per heavy atom. The van der Waals surface area contributed by atoms with Crippen molar-refractivity contribution in [2.75, 3.05) is 6.54 Å². The number of aryl methyl sites for hydroxylation is 1. The largest absolute Gasteiger partial charge is 0.352 e. The molecule has 0 aromatic heterocycles. The Kier molecular flexibility index (Phi) is 5.07. The van der Waals surface area contributed by atoms with Crippen LogP contribution in [0, 0.1) is 18.6 Å². The molecular formula is C16H14BrF2NO. The van der Waals surface area contributed by atoms with Crippen molar-refractivity contribution in [3.63, 3.8) is 0 Å². The predicted octanol–water partition coefficient (Wildman–Crippen LogP) is 4.01. The number of carbonyl (C=O) groups excluding carboxylic acids is 1. The zero-order valence-electron chi connectivity index (χ0n) is 11.4. The van der Waals surface area contributed by atoms with Crippen LogP contribution < -0.4 is 5.32 Å². The lowest BCUT2D eigenvalue weighted by Gasteiger charge is -2.09. The second-order valence-corrected chi connectivity index (χ2v) is 5.56. The fourth-order valence-electron chi connectivity index (χ4n) is 2.02. The van der Waals surface area contributed by atoms with Crippen molar-refractivity contribution < 1.29 is 13.6 Å². The summed E-state index contributed by atoms with van der Waals surface area (Å²) in [5, 5.41) is 2.73. The van der Waals surface area contributed by atoms with Gasteiger partial charge in [0.1, 0.15) is 11.6 Å². The van der Waals surface area contributed by atoms with Crippen LogP contribution in [0.5, 0.6) is 0 Å². The van der Waals surface area contributed by atoms with E-state index >= 15 is 0 Å². The van der Waals surface area contributed by atoms with Gasteiger partial charge in [-0.25, -0.2) is 8.78 Å². The van der Waals surface area contributed by atoms with E-state index in [1.807, 2.05) is 6.92 Å². The average Bonchev–Trinajstić information content (AvgIpc) is 2.43. The van der Waals surface area contributed by atoms with E-state index < -0.39 is 5.82 Å². The Morgan fingerprint density at radius 3 is 2.52 bits per heavy atom. The van der Waals surface area contributed by atoms with Gasteiger partial charge in [-0.1, -0.05) is 6.07 Å². The van der Waals surface area contributed by atoms with Crippen LogP contribution in [0.25, 0.3) is 0 Å². The molecule has 0 atom stereocenters. The Morgan fingerprint density at radius 2 is 1.81 bits per heavy atom. The lowest BCUT2D eigenvalue weighted by atomic mass is 10.1. The van der Waals surface area contributed by atoms with Crippen LogP contribution in [0.1, 0.15) is 21.5 Å². The summed E-state index contributed by atoms with van der Waals surface area (Å²) in [7, 11) is 0. The highest BCUT2D eigenvalue weighted by Crippen LogP contribution is 2.17. The minimum Gasteiger partial charge on any atom is -0.352 e. The first-order valence-electron chi connectivity index (χ1n) is 6.45. The summed E-state index contributed by atoms with van der Waals surface area (Å²) < 4.78 is 26.7. The number of rotatable bonds is 4. The SMILES string of the molecule is Cc1cc(F)ccc1CCNC(=O)c1cc(F)ccc1Br. The fourth-order valence-corrected chi connectivity index (χ4v) is 2.44. The highest BCUT2D eigenvalue weighted by Gasteiger charge is 2.11. The summed E-state index contributed by atoms with van der Waals surface area (Å²) in [4.78, 5) is 12.0. The molecule has 0 aliphatic heterocycles. The van der Waals surface area contributed by atoms with Crippen LogP contribution >= 0.6 is 15.9 Å². The topological polar surface area (TPSA) is 29.1 Å². The molecule has 2 rings (SSSR count). The fraction of sp³-hybridized carbons (Fsp3) is 0.188. The molecule has 0 aliphatic carbocycles. The van der Waals surface area contributed by atoms with Crippen molar-refractivity contribution in [3.05, 3.63) is 69.2 Å². The summed E-state index contributed by atoms with van der Waals surface area (Å²) in [5.74, 6) is -1.08. The third kappa shape index (κ3) is 4.11. The molecular weight excluding hydrogens is 340 g/mol. The molecule has 0 bridgehead atoms. The molecule has 2 aromatic rings. The minimum absolute atomic E-state index is 0.255. The summed E-state index contributed by atoms with van der Waals surface area (Å²) in [6.45, 7) is 2.22. The molecule has 110 valence electrons. The van der Waals surface area contributed by atoms with Crippen molar-refractivity contribution in [3.8, 4) is 0 Å². The van der Waals surface area contributed by atoms with E-state index in [4.69, 9.17) is 0 Å². The first-order chi connectivity index (χ1) is 9.97. The van der Waals surface area contributed by atoms with Crippen LogP contribution in [0.3, 0.4) is 0 Å². The van der Waals surface area contributed by atoms with Crippen LogP contribution in [0.4, 0.5) is 8.78 Å². The molecule has 0 spiro atoms. The molecule has 0 aliphatic rings. The molecule has 1 amide bonds. The number of carbonyl (C=O) groups is 1. The van der Waals surface area contributed by atoms with Crippen LogP contribution in [0.2, 0.25) is 0 Å². The third-order valence-corrected chi connectivity index (χ3v) is 3.85. The normalized spacial score (nSPS) is 10.5. The molecule has 0 saturated heterocycles. The molecule has 0 saturated carbocycles. The van der Waals surface area contributed by atoms with Gasteiger partial charge in [-0.3, -0.25) is 4.79 Å². The van der Waals surface area contributed by atoms with Gasteiger partial charge in [0.15, 0.2) is 0 Å². The zero-order valence-corrected chi connectivity index (χ0v) is 13.0. The van der Waals surface area contributed by atoms with Gasteiger partial charge in [0.2, 0.25) is 0 Å². The Hall–Kier alpha value is -1.75. The number of halogens is 3. The monoisotopic (exact) mass is 353 g/mol. The van der Waals surface area contributed by atoms with E-state index in [-0.39, 0.29) is 17.3 Å². The van der Waals surface area contributed by atoms with Gasteiger partial charge in [-0.15, -0.1) is 0 Å². The molecule has 2 nitrogen and oxygen atoms in total.